The van der Waals surface area contributed by atoms with Crippen LogP contribution in [0.1, 0.15) is 31.4 Å². The molecule has 9 nitrogen and oxygen atoms in total. The minimum atomic E-state index is -0.303. The molecule has 218 valence electrons. The molecular formula is C31H44N4O5. The molecule has 0 bridgehead atoms. The summed E-state index contributed by atoms with van der Waals surface area (Å²) < 4.78 is 12.0. The zero-order valence-corrected chi connectivity index (χ0v) is 24.1. The summed E-state index contributed by atoms with van der Waals surface area (Å²) in [6, 6.07) is 15.6. The molecule has 4 rings (SSSR count). The van der Waals surface area contributed by atoms with Crippen molar-refractivity contribution >= 4 is 17.5 Å². The van der Waals surface area contributed by atoms with Crippen molar-refractivity contribution in [1.82, 2.24) is 14.7 Å². The van der Waals surface area contributed by atoms with Crippen LogP contribution in [-0.2, 0) is 27.3 Å². The number of likely N-dealkylation sites (N-methyl/N-ethyl adjacent to an activating group) is 1. The molecule has 0 saturated carbocycles. The minimum Gasteiger partial charge on any atom is -0.488 e. The number of carbonyl (C=O) groups is 2. The second-order valence-corrected chi connectivity index (χ2v) is 11.1. The lowest BCUT2D eigenvalue weighted by atomic mass is 10.0. The number of anilines is 1. The fourth-order valence-corrected chi connectivity index (χ4v) is 5.30. The molecule has 9 heteroatoms. The van der Waals surface area contributed by atoms with E-state index in [1.807, 2.05) is 43.3 Å². The Hall–Kier alpha value is -2.98. The Bertz CT molecular complexity index is 1110. The molecule has 0 aromatic heterocycles. The number of rotatable bonds is 10. The van der Waals surface area contributed by atoms with Crippen LogP contribution >= 0.6 is 0 Å². The Morgan fingerprint density at radius 1 is 1.18 bits per heavy atom. The Kier molecular flexibility index (Phi) is 10.9. The number of hydrogen-bond donors (Lipinski definition) is 2. The van der Waals surface area contributed by atoms with E-state index in [1.165, 1.54) is 5.56 Å². The van der Waals surface area contributed by atoms with E-state index in [0.29, 0.717) is 50.7 Å². The average Bonchev–Trinajstić information content (AvgIpc) is 3.00. The van der Waals surface area contributed by atoms with Gasteiger partial charge < -0.3 is 24.8 Å². The van der Waals surface area contributed by atoms with E-state index < -0.39 is 0 Å². The molecule has 40 heavy (non-hydrogen) atoms. The van der Waals surface area contributed by atoms with Gasteiger partial charge in [0.2, 0.25) is 11.8 Å². The van der Waals surface area contributed by atoms with Crippen molar-refractivity contribution in [2.75, 3.05) is 64.9 Å². The van der Waals surface area contributed by atoms with Gasteiger partial charge in [-0.1, -0.05) is 37.3 Å². The molecule has 0 radical (unpaired) electrons. The van der Waals surface area contributed by atoms with Gasteiger partial charge in [0.15, 0.2) is 0 Å². The molecule has 2 heterocycles. The summed E-state index contributed by atoms with van der Waals surface area (Å²) in [7, 11) is 2.07. The van der Waals surface area contributed by atoms with Crippen LogP contribution in [-0.4, -0.2) is 103 Å². The largest absolute Gasteiger partial charge is 0.488 e. The summed E-state index contributed by atoms with van der Waals surface area (Å²) in [6.07, 6.45) is 0.346. The highest BCUT2D eigenvalue weighted by Gasteiger charge is 2.31. The molecular weight excluding hydrogens is 508 g/mol. The first kappa shape index (κ1) is 30.0. The van der Waals surface area contributed by atoms with Gasteiger partial charge in [-0.3, -0.25) is 19.4 Å². The summed E-state index contributed by atoms with van der Waals surface area (Å²) in [6.45, 7) is 9.58. The van der Waals surface area contributed by atoms with Crippen molar-refractivity contribution in [3.8, 4) is 5.75 Å². The molecule has 2 amide bonds. The van der Waals surface area contributed by atoms with Gasteiger partial charge in [0.1, 0.15) is 11.9 Å². The first-order valence-corrected chi connectivity index (χ1v) is 14.3. The summed E-state index contributed by atoms with van der Waals surface area (Å²) in [5, 5.41) is 12.9. The van der Waals surface area contributed by atoms with Crippen LogP contribution in [0.3, 0.4) is 0 Å². The smallest absolute Gasteiger partial charge is 0.227 e. The molecule has 0 spiro atoms. The topological polar surface area (TPSA) is 94.6 Å². The highest BCUT2D eigenvalue weighted by atomic mass is 16.5. The monoisotopic (exact) mass is 552 g/mol. The molecule has 2 aliphatic heterocycles. The second kappa shape index (κ2) is 14.6. The van der Waals surface area contributed by atoms with E-state index >= 15 is 0 Å². The fourth-order valence-electron chi connectivity index (χ4n) is 5.30. The highest BCUT2D eigenvalue weighted by Crippen LogP contribution is 2.29. The number of nitrogens with one attached hydrogen (secondary N) is 1. The third-order valence-corrected chi connectivity index (χ3v) is 7.75. The zero-order chi connectivity index (χ0) is 28.5. The van der Waals surface area contributed by atoms with Crippen molar-refractivity contribution in [3.63, 3.8) is 0 Å². The predicted molar refractivity (Wildman–Crippen MR) is 155 cm³/mol. The van der Waals surface area contributed by atoms with E-state index in [0.717, 1.165) is 25.2 Å². The second-order valence-electron chi connectivity index (χ2n) is 11.1. The van der Waals surface area contributed by atoms with Crippen LogP contribution in [0.25, 0.3) is 0 Å². The van der Waals surface area contributed by atoms with Crippen LogP contribution in [0.5, 0.6) is 5.75 Å². The first-order chi connectivity index (χ1) is 19.3. The van der Waals surface area contributed by atoms with Gasteiger partial charge in [0, 0.05) is 62.9 Å². The predicted octanol–water partition coefficient (Wildman–Crippen LogP) is 2.63. The van der Waals surface area contributed by atoms with Gasteiger partial charge in [-0.05, 0) is 37.7 Å². The maximum atomic E-state index is 13.5. The van der Waals surface area contributed by atoms with Gasteiger partial charge >= 0.3 is 0 Å². The van der Waals surface area contributed by atoms with Gasteiger partial charge in [-0.25, -0.2) is 0 Å². The number of amides is 2. The molecule has 2 aromatic carbocycles. The summed E-state index contributed by atoms with van der Waals surface area (Å²) in [5.74, 6) is 0.559. The lowest BCUT2D eigenvalue weighted by Crippen LogP contribution is -2.47. The van der Waals surface area contributed by atoms with Crippen molar-refractivity contribution < 1.29 is 24.2 Å². The third kappa shape index (κ3) is 8.51. The number of fused-ring (bicyclic) bond motifs is 1. The van der Waals surface area contributed by atoms with Crippen molar-refractivity contribution in [2.45, 2.75) is 45.4 Å². The third-order valence-electron chi connectivity index (χ3n) is 7.75. The van der Waals surface area contributed by atoms with Crippen molar-refractivity contribution in [1.29, 1.82) is 0 Å². The van der Waals surface area contributed by atoms with E-state index in [9.17, 15) is 14.7 Å². The number of benzene rings is 2. The lowest BCUT2D eigenvalue weighted by molar-refractivity contribution is -0.134. The maximum absolute atomic E-state index is 13.5. The molecule has 2 aliphatic rings. The number of carbonyl (C=O) groups excluding carboxylic acids is 2. The van der Waals surface area contributed by atoms with Gasteiger partial charge in [-0.2, -0.15) is 0 Å². The first-order valence-electron chi connectivity index (χ1n) is 14.3. The molecule has 1 fully saturated rings. The van der Waals surface area contributed by atoms with Crippen LogP contribution in [0.15, 0.2) is 48.5 Å². The van der Waals surface area contributed by atoms with Crippen molar-refractivity contribution in [2.24, 2.45) is 5.92 Å². The Labute approximate surface area is 238 Å². The van der Waals surface area contributed by atoms with Crippen LogP contribution < -0.4 is 10.1 Å². The van der Waals surface area contributed by atoms with Crippen LogP contribution in [0.4, 0.5) is 5.69 Å². The molecule has 0 aliphatic carbocycles. The molecule has 2 aromatic rings. The summed E-state index contributed by atoms with van der Waals surface area (Å²) in [4.78, 5) is 32.4. The number of hydrogen-bond acceptors (Lipinski definition) is 7. The minimum absolute atomic E-state index is 0.0293. The van der Waals surface area contributed by atoms with Crippen molar-refractivity contribution in [3.05, 3.63) is 59.7 Å². The number of ether oxygens (including phenoxy) is 2. The van der Waals surface area contributed by atoms with Gasteiger partial charge in [0.05, 0.1) is 32.3 Å². The Balaban J connectivity index is 1.50. The average molecular weight is 553 g/mol. The maximum Gasteiger partial charge on any atom is 0.227 e. The highest BCUT2D eigenvalue weighted by molar-refractivity contribution is 5.91. The van der Waals surface area contributed by atoms with E-state index in [1.54, 1.807) is 4.90 Å². The molecule has 1 saturated heterocycles. The fraction of sp³-hybridized carbons (Fsp3) is 0.548. The van der Waals surface area contributed by atoms with Gasteiger partial charge in [0.25, 0.3) is 0 Å². The van der Waals surface area contributed by atoms with E-state index in [2.05, 4.69) is 41.2 Å². The lowest BCUT2D eigenvalue weighted by Gasteiger charge is -2.34. The van der Waals surface area contributed by atoms with E-state index in [4.69, 9.17) is 9.47 Å². The molecule has 0 unspecified atom stereocenters. The number of aliphatic hydroxyl groups excluding tert-OH is 1. The summed E-state index contributed by atoms with van der Waals surface area (Å²) in [5.41, 5.74) is 2.60. The van der Waals surface area contributed by atoms with E-state index in [-0.39, 0.29) is 42.9 Å². The zero-order valence-electron chi connectivity index (χ0n) is 24.1. The summed E-state index contributed by atoms with van der Waals surface area (Å²) >= 11 is 0. The molecule has 2 N–H and O–H groups in total. The number of nitrogens with zero attached hydrogens (tertiary/aromatic N) is 3. The van der Waals surface area contributed by atoms with Gasteiger partial charge in [-0.15, -0.1) is 0 Å². The number of aliphatic hydroxyl groups is 1. The molecule has 3 atom stereocenters. The Morgan fingerprint density at radius 3 is 2.65 bits per heavy atom. The van der Waals surface area contributed by atoms with Crippen LogP contribution in [0, 0.1) is 5.92 Å². The SMILES string of the molecule is C[C@@H]1CN([C@H](C)CO)C(=O)Cc2cc(NC(=O)CCN3CCOCC3)ccc2O[C@@H]1CN(C)Cc1ccccc1. The van der Waals surface area contributed by atoms with Crippen LogP contribution in [0.2, 0.25) is 0 Å². The quantitative estimate of drug-likeness (QED) is 0.468. The normalized spacial score (nSPS) is 21.1. The Morgan fingerprint density at radius 2 is 1.93 bits per heavy atom. The standard InChI is InChI=1S/C31H44N4O5/c1-23-19-35(24(2)22-36)31(38)18-26-17-27(32-30(37)11-12-34-13-15-39-16-14-34)9-10-28(26)40-29(23)21-33(3)20-25-7-5-4-6-8-25/h4-10,17,23-24,29,36H,11-16,18-22H2,1-3H3,(H,32,37)/t23-,24-,29-/m1/s1. The number of morpholine rings is 1.